The fourth-order valence-corrected chi connectivity index (χ4v) is 1.42. The summed E-state index contributed by atoms with van der Waals surface area (Å²) in [4.78, 5) is 3.35. The number of ether oxygens (including phenoxy) is 1. The number of methoxy groups -OCH3 is 1. The second-order valence-corrected chi connectivity index (χ2v) is 3.20. The summed E-state index contributed by atoms with van der Waals surface area (Å²) in [6.07, 6.45) is -8.47. The Morgan fingerprint density at radius 1 is 1.44 bits per heavy atom. The predicted molar refractivity (Wildman–Crippen MR) is 50.1 cm³/mol. The number of nitrogens with zero attached hydrogens (tertiary/aromatic N) is 2. The van der Waals surface area contributed by atoms with Gasteiger partial charge in [-0.2, -0.15) is 18.4 Å². The van der Waals surface area contributed by atoms with Crippen LogP contribution in [0.4, 0.5) is 22.0 Å². The summed E-state index contributed by atoms with van der Waals surface area (Å²) in [5, 5.41) is 8.44. The monoisotopic (exact) mass is 266 g/mol. The van der Waals surface area contributed by atoms with Crippen molar-refractivity contribution in [2.24, 2.45) is 0 Å². The number of nitriles is 1. The van der Waals surface area contributed by atoms with Crippen molar-refractivity contribution in [3.05, 3.63) is 23.0 Å². The number of pyridine rings is 1. The van der Waals surface area contributed by atoms with E-state index in [0.717, 1.165) is 7.11 Å². The van der Waals surface area contributed by atoms with E-state index in [2.05, 4.69) is 9.72 Å². The molecule has 0 atom stereocenters. The maximum absolute atomic E-state index is 12.7. The molecule has 18 heavy (non-hydrogen) atoms. The van der Waals surface area contributed by atoms with Crippen molar-refractivity contribution in [2.45, 2.75) is 19.0 Å². The molecule has 0 aliphatic heterocycles. The van der Waals surface area contributed by atoms with Gasteiger partial charge >= 0.3 is 6.18 Å². The van der Waals surface area contributed by atoms with Crippen LogP contribution in [0.25, 0.3) is 0 Å². The Labute approximate surface area is 98.8 Å². The van der Waals surface area contributed by atoms with Gasteiger partial charge in [-0.1, -0.05) is 0 Å². The van der Waals surface area contributed by atoms with Gasteiger partial charge in [0.25, 0.3) is 6.43 Å². The second-order valence-electron chi connectivity index (χ2n) is 3.20. The van der Waals surface area contributed by atoms with E-state index in [1.165, 1.54) is 0 Å². The molecule has 8 heteroatoms. The van der Waals surface area contributed by atoms with E-state index >= 15 is 0 Å². The van der Waals surface area contributed by atoms with Gasteiger partial charge in [0.2, 0.25) is 0 Å². The molecule has 0 spiro atoms. The lowest BCUT2D eigenvalue weighted by Gasteiger charge is -2.16. The molecular weight excluding hydrogens is 259 g/mol. The van der Waals surface area contributed by atoms with Crippen LogP contribution in [0.3, 0.4) is 0 Å². The largest absolute Gasteiger partial charge is 0.494 e. The third-order valence-electron chi connectivity index (χ3n) is 2.12. The lowest BCUT2D eigenvalue weighted by atomic mass is 10.1. The molecule has 98 valence electrons. The third kappa shape index (κ3) is 2.67. The van der Waals surface area contributed by atoms with E-state index in [4.69, 9.17) is 5.26 Å². The van der Waals surface area contributed by atoms with Gasteiger partial charge in [0, 0.05) is 6.20 Å². The molecule has 1 aromatic rings. The van der Waals surface area contributed by atoms with Crippen molar-refractivity contribution in [1.82, 2.24) is 4.98 Å². The molecule has 3 nitrogen and oxygen atoms in total. The number of aromatic nitrogens is 1. The average Bonchev–Trinajstić information content (AvgIpc) is 2.27. The fraction of sp³-hybridized carbons (Fsp3) is 0.400. The summed E-state index contributed by atoms with van der Waals surface area (Å²) in [5.74, 6) is -0.693. The first-order valence-electron chi connectivity index (χ1n) is 4.61. The summed E-state index contributed by atoms with van der Waals surface area (Å²) in [6, 6.07) is 1.61. The highest BCUT2D eigenvalue weighted by Gasteiger charge is 2.39. The number of rotatable bonds is 3. The Bertz CT molecular complexity index is 478. The topological polar surface area (TPSA) is 45.9 Å². The van der Waals surface area contributed by atoms with E-state index in [1.54, 1.807) is 6.07 Å². The molecule has 0 amide bonds. The zero-order valence-corrected chi connectivity index (χ0v) is 9.05. The van der Waals surface area contributed by atoms with Crippen LogP contribution in [0.2, 0.25) is 0 Å². The first kappa shape index (κ1) is 14.2. The highest BCUT2D eigenvalue weighted by atomic mass is 19.4. The molecule has 1 aromatic heterocycles. The molecule has 0 radical (unpaired) electrons. The molecule has 0 fully saturated rings. The quantitative estimate of drug-likeness (QED) is 0.789. The Hall–Kier alpha value is -1.91. The average molecular weight is 266 g/mol. The van der Waals surface area contributed by atoms with Gasteiger partial charge in [0.15, 0.2) is 5.75 Å². The van der Waals surface area contributed by atoms with E-state index in [0.29, 0.717) is 0 Å². The lowest BCUT2D eigenvalue weighted by Crippen LogP contribution is -2.13. The van der Waals surface area contributed by atoms with Crippen LogP contribution in [0.15, 0.2) is 6.20 Å². The van der Waals surface area contributed by atoms with Gasteiger partial charge in [-0.05, 0) is 0 Å². The maximum atomic E-state index is 12.7. The van der Waals surface area contributed by atoms with Crippen molar-refractivity contribution in [3.63, 3.8) is 0 Å². The zero-order valence-electron chi connectivity index (χ0n) is 9.05. The maximum Gasteiger partial charge on any atom is 0.418 e. The Morgan fingerprint density at radius 3 is 2.44 bits per heavy atom. The SMILES string of the molecule is COc1c(CC#N)ncc(C(F)(F)F)c1C(F)F. The molecule has 0 aromatic carbocycles. The van der Waals surface area contributed by atoms with Crippen LogP contribution in [-0.4, -0.2) is 12.1 Å². The minimum Gasteiger partial charge on any atom is -0.494 e. The van der Waals surface area contributed by atoms with E-state index in [-0.39, 0.29) is 11.9 Å². The van der Waals surface area contributed by atoms with Crippen LogP contribution < -0.4 is 4.74 Å². The van der Waals surface area contributed by atoms with Gasteiger partial charge in [0.1, 0.15) is 0 Å². The Morgan fingerprint density at radius 2 is 2.06 bits per heavy atom. The van der Waals surface area contributed by atoms with Crippen molar-refractivity contribution < 1.29 is 26.7 Å². The molecule has 1 heterocycles. The predicted octanol–water partition coefficient (Wildman–Crippen LogP) is 3.11. The first-order valence-corrected chi connectivity index (χ1v) is 4.61. The number of halogens is 5. The molecule has 0 aliphatic rings. The summed E-state index contributed by atoms with van der Waals surface area (Å²) < 4.78 is 67.6. The van der Waals surface area contributed by atoms with Crippen molar-refractivity contribution in [2.75, 3.05) is 7.11 Å². The first-order chi connectivity index (χ1) is 8.32. The van der Waals surface area contributed by atoms with Crippen LogP contribution >= 0.6 is 0 Å². The van der Waals surface area contributed by atoms with Gasteiger partial charge in [-0.3, -0.25) is 4.98 Å². The zero-order chi connectivity index (χ0) is 13.9. The fourth-order valence-electron chi connectivity index (χ4n) is 1.42. The molecule has 0 unspecified atom stereocenters. The minimum absolute atomic E-state index is 0.247. The number of hydrogen-bond acceptors (Lipinski definition) is 3. The van der Waals surface area contributed by atoms with Crippen LogP contribution in [0, 0.1) is 11.3 Å². The Kier molecular flexibility index (Phi) is 4.06. The second kappa shape index (κ2) is 5.16. The van der Waals surface area contributed by atoms with E-state index in [9.17, 15) is 22.0 Å². The summed E-state index contributed by atoms with van der Waals surface area (Å²) in [7, 11) is 0.948. The lowest BCUT2D eigenvalue weighted by molar-refractivity contribution is -0.140. The van der Waals surface area contributed by atoms with Crippen molar-refractivity contribution >= 4 is 0 Å². The van der Waals surface area contributed by atoms with E-state index < -0.39 is 35.9 Å². The van der Waals surface area contributed by atoms with Gasteiger partial charge in [-0.25, -0.2) is 8.78 Å². The molecular formula is C10H7F5N2O. The molecule has 1 rings (SSSR count). The van der Waals surface area contributed by atoms with Crippen molar-refractivity contribution in [1.29, 1.82) is 5.26 Å². The summed E-state index contributed by atoms with van der Waals surface area (Å²) >= 11 is 0. The van der Waals surface area contributed by atoms with Crippen LogP contribution in [0.5, 0.6) is 5.75 Å². The van der Waals surface area contributed by atoms with Gasteiger partial charge < -0.3 is 4.74 Å². The van der Waals surface area contributed by atoms with E-state index in [1.807, 2.05) is 0 Å². The molecule has 0 saturated carbocycles. The minimum atomic E-state index is -4.96. The van der Waals surface area contributed by atoms with Gasteiger partial charge in [-0.15, -0.1) is 0 Å². The highest BCUT2D eigenvalue weighted by Crippen LogP contribution is 2.41. The third-order valence-corrected chi connectivity index (χ3v) is 2.12. The number of alkyl halides is 5. The van der Waals surface area contributed by atoms with Crippen molar-refractivity contribution in [3.8, 4) is 11.8 Å². The Balaban J connectivity index is 3.54. The molecule has 0 saturated heterocycles. The summed E-state index contributed by atoms with van der Waals surface area (Å²) in [5.41, 5.74) is -3.09. The smallest absolute Gasteiger partial charge is 0.418 e. The van der Waals surface area contributed by atoms with Crippen LogP contribution in [0.1, 0.15) is 23.2 Å². The molecule has 0 N–H and O–H groups in total. The summed E-state index contributed by atoms with van der Waals surface area (Å²) in [6.45, 7) is 0. The molecule has 0 bridgehead atoms. The highest BCUT2D eigenvalue weighted by molar-refractivity contribution is 5.45. The van der Waals surface area contributed by atoms with Crippen LogP contribution in [-0.2, 0) is 12.6 Å². The van der Waals surface area contributed by atoms with Gasteiger partial charge in [0.05, 0.1) is 36.4 Å². The molecule has 0 aliphatic carbocycles. The normalized spacial score (nSPS) is 11.4. The number of hydrogen-bond donors (Lipinski definition) is 0. The standard InChI is InChI=1S/C10H7F5N2O/c1-18-8-6(2-3-16)17-4-5(10(13,14)15)7(8)9(11)12/h4,9H,2H2,1H3.